The molecule has 4 aromatic rings. The summed E-state index contributed by atoms with van der Waals surface area (Å²) in [5.41, 5.74) is 1.78. The summed E-state index contributed by atoms with van der Waals surface area (Å²) in [5, 5.41) is 10.1. The second-order valence-electron chi connectivity index (χ2n) is 5.60. The Bertz CT molecular complexity index is 1130. The lowest BCUT2D eigenvalue weighted by molar-refractivity contribution is 0.416. The molecule has 3 aromatic heterocycles. The van der Waals surface area contributed by atoms with E-state index in [1.807, 2.05) is 12.1 Å². The van der Waals surface area contributed by atoms with Crippen LogP contribution in [0, 0.1) is 11.6 Å². The molecule has 0 aliphatic rings. The standard InChI is InChI=1S/C19H13F2N3O2/c1-26-16-5-6-22-10-13(16)17-15-4-2-3-7-24(15)19(23-17)12-8-11(20)9-14(21)18(12)25/h2-10,25H,1H3. The highest BCUT2D eigenvalue weighted by Gasteiger charge is 2.21. The fraction of sp³-hybridized carbons (Fsp3) is 0.0526. The Morgan fingerprint density at radius 3 is 2.77 bits per heavy atom. The molecule has 130 valence electrons. The van der Waals surface area contributed by atoms with Crippen LogP contribution in [0.15, 0.2) is 55.0 Å². The first-order valence-electron chi connectivity index (χ1n) is 7.74. The first-order valence-corrected chi connectivity index (χ1v) is 7.74. The molecule has 0 fully saturated rings. The fourth-order valence-corrected chi connectivity index (χ4v) is 2.90. The highest BCUT2D eigenvalue weighted by atomic mass is 19.1. The van der Waals surface area contributed by atoms with Crippen molar-refractivity contribution >= 4 is 5.52 Å². The fourth-order valence-electron chi connectivity index (χ4n) is 2.90. The second kappa shape index (κ2) is 6.11. The highest BCUT2D eigenvalue weighted by Crippen LogP contribution is 2.37. The molecule has 26 heavy (non-hydrogen) atoms. The molecule has 1 N–H and O–H groups in total. The summed E-state index contributed by atoms with van der Waals surface area (Å²) in [6, 6.07) is 8.76. The number of hydrogen-bond acceptors (Lipinski definition) is 4. The molecule has 0 unspecified atom stereocenters. The SMILES string of the molecule is COc1ccncc1-c1nc(-c2cc(F)cc(F)c2O)n2ccccc12. The summed E-state index contributed by atoms with van der Waals surface area (Å²) in [4.78, 5) is 8.64. The van der Waals surface area contributed by atoms with Crippen molar-refractivity contribution in [3.05, 3.63) is 66.6 Å². The first-order chi connectivity index (χ1) is 12.6. The van der Waals surface area contributed by atoms with Crippen LogP contribution in [0.2, 0.25) is 0 Å². The van der Waals surface area contributed by atoms with E-state index in [4.69, 9.17) is 4.74 Å². The smallest absolute Gasteiger partial charge is 0.168 e. The van der Waals surface area contributed by atoms with Crippen molar-refractivity contribution in [1.82, 2.24) is 14.4 Å². The van der Waals surface area contributed by atoms with E-state index in [9.17, 15) is 13.9 Å². The third kappa shape index (κ3) is 2.45. The molecule has 0 amide bonds. The van der Waals surface area contributed by atoms with E-state index >= 15 is 0 Å². The summed E-state index contributed by atoms with van der Waals surface area (Å²) in [7, 11) is 1.53. The second-order valence-corrected chi connectivity index (χ2v) is 5.60. The molecule has 0 aliphatic heterocycles. The van der Waals surface area contributed by atoms with E-state index in [2.05, 4.69) is 9.97 Å². The first kappa shape index (κ1) is 16.0. The van der Waals surface area contributed by atoms with Gasteiger partial charge < -0.3 is 9.84 Å². The van der Waals surface area contributed by atoms with Crippen molar-refractivity contribution in [2.75, 3.05) is 7.11 Å². The quantitative estimate of drug-likeness (QED) is 0.603. The van der Waals surface area contributed by atoms with Crippen molar-refractivity contribution in [1.29, 1.82) is 0 Å². The van der Waals surface area contributed by atoms with Crippen LogP contribution in [0.4, 0.5) is 8.78 Å². The van der Waals surface area contributed by atoms with Crippen LogP contribution in [-0.2, 0) is 0 Å². The van der Waals surface area contributed by atoms with Gasteiger partial charge in [-0.2, -0.15) is 0 Å². The van der Waals surface area contributed by atoms with Gasteiger partial charge in [-0.05, 0) is 24.3 Å². The van der Waals surface area contributed by atoms with Gasteiger partial charge >= 0.3 is 0 Å². The number of imidazole rings is 1. The van der Waals surface area contributed by atoms with E-state index in [0.29, 0.717) is 28.6 Å². The highest BCUT2D eigenvalue weighted by molar-refractivity contribution is 5.84. The molecule has 0 saturated carbocycles. The molecular weight excluding hydrogens is 340 g/mol. The van der Waals surface area contributed by atoms with Crippen molar-refractivity contribution in [2.45, 2.75) is 0 Å². The topological polar surface area (TPSA) is 59.7 Å². The van der Waals surface area contributed by atoms with Crippen LogP contribution < -0.4 is 4.74 Å². The predicted molar refractivity (Wildman–Crippen MR) is 92.0 cm³/mol. The van der Waals surface area contributed by atoms with Crippen LogP contribution >= 0.6 is 0 Å². The molecule has 0 radical (unpaired) electrons. The summed E-state index contributed by atoms with van der Waals surface area (Å²) in [5.74, 6) is -1.74. The molecule has 1 aromatic carbocycles. The van der Waals surface area contributed by atoms with Crippen LogP contribution in [-0.4, -0.2) is 26.6 Å². The van der Waals surface area contributed by atoms with Gasteiger partial charge in [0.1, 0.15) is 23.1 Å². The van der Waals surface area contributed by atoms with E-state index in [0.717, 1.165) is 6.07 Å². The zero-order chi connectivity index (χ0) is 18.3. The van der Waals surface area contributed by atoms with Gasteiger partial charge in [-0.1, -0.05) is 6.07 Å². The van der Waals surface area contributed by atoms with Gasteiger partial charge in [-0.3, -0.25) is 9.38 Å². The van der Waals surface area contributed by atoms with Crippen molar-refractivity contribution in [3.8, 4) is 34.1 Å². The van der Waals surface area contributed by atoms with Gasteiger partial charge in [-0.25, -0.2) is 13.8 Å². The zero-order valence-electron chi connectivity index (χ0n) is 13.6. The van der Waals surface area contributed by atoms with E-state index in [1.165, 1.54) is 7.11 Å². The summed E-state index contributed by atoms with van der Waals surface area (Å²) in [6.07, 6.45) is 4.89. The molecule has 7 heteroatoms. The Hall–Kier alpha value is -3.48. The third-order valence-electron chi connectivity index (χ3n) is 4.07. The average Bonchev–Trinajstić information content (AvgIpc) is 3.04. The van der Waals surface area contributed by atoms with Crippen molar-refractivity contribution in [3.63, 3.8) is 0 Å². The molecule has 0 aliphatic carbocycles. The Morgan fingerprint density at radius 1 is 1.12 bits per heavy atom. The Morgan fingerprint density at radius 2 is 1.96 bits per heavy atom. The maximum absolute atomic E-state index is 13.8. The summed E-state index contributed by atoms with van der Waals surface area (Å²) in [6.45, 7) is 0. The minimum absolute atomic E-state index is 0.0437. The number of pyridine rings is 2. The average molecular weight is 353 g/mol. The van der Waals surface area contributed by atoms with Gasteiger partial charge in [-0.15, -0.1) is 0 Å². The molecule has 5 nitrogen and oxygen atoms in total. The maximum atomic E-state index is 13.8. The Balaban J connectivity index is 2.05. The van der Waals surface area contributed by atoms with E-state index in [1.54, 1.807) is 35.1 Å². The summed E-state index contributed by atoms with van der Waals surface area (Å²) < 4.78 is 34.6. The number of fused-ring (bicyclic) bond motifs is 1. The molecule has 0 saturated heterocycles. The van der Waals surface area contributed by atoms with Crippen LogP contribution in [0.1, 0.15) is 0 Å². The number of aromatic nitrogens is 3. The van der Waals surface area contributed by atoms with Gasteiger partial charge in [0.15, 0.2) is 11.6 Å². The molecule has 4 rings (SSSR count). The minimum atomic E-state index is -1.05. The Labute approximate surface area is 147 Å². The van der Waals surface area contributed by atoms with Crippen LogP contribution in [0.3, 0.4) is 0 Å². The van der Waals surface area contributed by atoms with Crippen molar-refractivity contribution in [2.24, 2.45) is 0 Å². The number of ether oxygens (including phenoxy) is 1. The number of phenolic OH excluding ortho intramolecular Hbond substituents is 1. The monoisotopic (exact) mass is 353 g/mol. The van der Waals surface area contributed by atoms with E-state index in [-0.39, 0.29) is 11.4 Å². The van der Waals surface area contributed by atoms with Gasteiger partial charge in [0, 0.05) is 24.7 Å². The number of benzene rings is 1. The predicted octanol–water partition coefficient (Wildman–Crippen LogP) is 4.06. The number of halogens is 2. The lowest BCUT2D eigenvalue weighted by Gasteiger charge is -2.05. The Kier molecular flexibility index (Phi) is 3.76. The lowest BCUT2D eigenvalue weighted by Crippen LogP contribution is -1.92. The molecular formula is C19H13F2N3O2. The normalized spacial score (nSPS) is 11.0. The van der Waals surface area contributed by atoms with Gasteiger partial charge in [0.25, 0.3) is 0 Å². The number of hydrogen-bond donors (Lipinski definition) is 1. The van der Waals surface area contributed by atoms with E-state index < -0.39 is 17.4 Å². The van der Waals surface area contributed by atoms with Crippen LogP contribution in [0.5, 0.6) is 11.5 Å². The molecule has 0 bridgehead atoms. The molecule has 0 spiro atoms. The number of nitrogens with zero attached hydrogens (tertiary/aromatic N) is 3. The third-order valence-corrected chi connectivity index (χ3v) is 4.07. The van der Waals surface area contributed by atoms with Crippen molar-refractivity contribution < 1.29 is 18.6 Å². The van der Waals surface area contributed by atoms with Gasteiger partial charge in [0.05, 0.1) is 23.8 Å². The molecule has 0 atom stereocenters. The molecule has 3 heterocycles. The lowest BCUT2D eigenvalue weighted by atomic mass is 10.1. The minimum Gasteiger partial charge on any atom is -0.504 e. The number of rotatable bonds is 3. The largest absolute Gasteiger partial charge is 0.504 e. The number of methoxy groups -OCH3 is 1. The zero-order valence-corrected chi connectivity index (χ0v) is 13.6. The maximum Gasteiger partial charge on any atom is 0.168 e. The number of phenols is 1. The number of aromatic hydroxyl groups is 1. The summed E-state index contributed by atoms with van der Waals surface area (Å²) >= 11 is 0. The van der Waals surface area contributed by atoms with Gasteiger partial charge in [0.2, 0.25) is 0 Å². The van der Waals surface area contributed by atoms with Crippen LogP contribution in [0.25, 0.3) is 28.2 Å².